The van der Waals surface area contributed by atoms with E-state index >= 15 is 0 Å². The average molecular weight is 1380 g/mol. The average Bonchev–Trinajstić information content (AvgIpc) is 0.735. The van der Waals surface area contributed by atoms with Crippen molar-refractivity contribution in [1.82, 2.24) is 29.9 Å². The van der Waals surface area contributed by atoms with Crippen LogP contribution in [-0.4, -0.2) is 59.8 Å². The van der Waals surface area contributed by atoms with E-state index in [9.17, 15) is 15.1 Å². The number of aromatic nitrogens is 6. The molecule has 3 heterocycles. The number of aryl methyl sites for hydroxylation is 6. The van der Waals surface area contributed by atoms with Crippen LogP contribution in [0, 0.1) is 41.5 Å². The molecule has 0 spiro atoms. The molecule has 10 nitrogen and oxygen atoms in total. The van der Waals surface area contributed by atoms with Gasteiger partial charge in [0.2, 0.25) is 0 Å². The lowest BCUT2D eigenvalue weighted by atomic mass is 9.77. The number of nitrogens with zero attached hydrogens (tertiary/aromatic N) is 6. The van der Waals surface area contributed by atoms with E-state index in [0.717, 1.165) is 115 Å². The Bertz CT molecular complexity index is 5440. The second-order valence-corrected chi connectivity index (χ2v) is 26.3. The third-order valence-corrected chi connectivity index (χ3v) is 18.5. The van der Waals surface area contributed by atoms with Crippen molar-refractivity contribution >= 4 is 79.3 Å². The fraction of sp³-hybridized carbons (Fsp3) is 0.0682. The molecule has 0 unspecified atom stereocenters. The van der Waals surface area contributed by atoms with Crippen molar-refractivity contribution in [2.75, 3.05) is 0 Å². The third kappa shape index (κ3) is 14.5. The van der Waals surface area contributed by atoms with E-state index in [1.54, 1.807) is 6.07 Å². The van der Waals surface area contributed by atoms with E-state index in [1.807, 2.05) is 116 Å². The van der Waals surface area contributed by atoms with E-state index in [2.05, 4.69) is 231 Å². The lowest BCUT2D eigenvalue weighted by Crippen LogP contribution is -2.29. The maximum absolute atomic E-state index is 9.85. The minimum atomic E-state index is -1.56. The van der Waals surface area contributed by atoms with Crippen molar-refractivity contribution in [3.05, 3.63) is 324 Å². The highest BCUT2D eigenvalue weighted by molar-refractivity contribution is 9.10. The van der Waals surface area contributed by atoms with Crippen molar-refractivity contribution < 1.29 is 19.7 Å². The third-order valence-electron chi connectivity index (χ3n) is 18.1. The molecule has 13 aromatic carbocycles. The van der Waals surface area contributed by atoms with Crippen LogP contribution in [0.25, 0.3) is 144 Å². The Hall–Kier alpha value is -11.6. The summed E-state index contributed by atoms with van der Waals surface area (Å²) >= 11 is 3.22. The number of halogens is 1. The number of benzene rings is 13. The topological polar surface area (TPSA) is 147 Å². The van der Waals surface area contributed by atoms with Crippen LogP contribution in [0.1, 0.15) is 33.4 Å². The monoisotopic (exact) mass is 1370 g/mol. The zero-order chi connectivity index (χ0) is 69.7. The zero-order valence-corrected chi connectivity index (χ0v) is 58.2. The number of hydrogen-bond donors (Lipinski definition) is 3. The Morgan fingerprint density at radius 3 is 0.911 bits per heavy atom. The van der Waals surface area contributed by atoms with Crippen molar-refractivity contribution in [3.63, 3.8) is 0 Å². The molecule has 3 N–H and O–H groups in total. The van der Waals surface area contributed by atoms with Crippen LogP contribution >= 0.6 is 15.9 Å². The molecule has 16 rings (SSSR count). The highest BCUT2D eigenvalue weighted by Crippen LogP contribution is 2.47. The minimum Gasteiger partial charge on any atom is -0.537 e. The molecule has 3 aromatic heterocycles. The first-order valence-electron chi connectivity index (χ1n) is 33.4. The van der Waals surface area contributed by atoms with E-state index in [-0.39, 0.29) is 0 Å². The van der Waals surface area contributed by atoms with Crippen LogP contribution in [0.3, 0.4) is 0 Å². The van der Waals surface area contributed by atoms with Gasteiger partial charge in [-0.25, -0.2) is 29.9 Å². The zero-order valence-electron chi connectivity index (χ0n) is 56.6. The van der Waals surface area contributed by atoms with Crippen molar-refractivity contribution in [1.29, 1.82) is 0 Å². The highest BCUT2D eigenvalue weighted by Gasteiger charge is 2.23. The van der Waals surface area contributed by atoms with E-state index in [1.165, 1.54) is 50.1 Å². The molecule has 1 radical (unpaired) electrons. The van der Waals surface area contributed by atoms with Crippen LogP contribution in [0.2, 0.25) is 0 Å². The van der Waals surface area contributed by atoms with Gasteiger partial charge < -0.3 is 19.7 Å². The molecular weight excluding hydrogens is 1310 g/mol. The molecule has 487 valence electrons. The second kappa shape index (κ2) is 29.5. The maximum Gasteiger partial charge on any atom is 0.569 e. The van der Waals surface area contributed by atoms with Gasteiger partial charge in [-0.05, 0) is 191 Å². The molecule has 13 heteroatoms. The van der Waals surface area contributed by atoms with Gasteiger partial charge in [0, 0.05) is 65.0 Å². The lowest BCUT2D eigenvalue weighted by molar-refractivity contribution is 0.426. The van der Waals surface area contributed by atoms with Gasteiger partial charge in [0.25, 0.3) is 0 Å². The smallest absolute Gasteiger partial charge is 0.537 e. The Morgan fingerprint density at radius 1 is 0.287 bits per heavy atom. The largest absolute Gasteiger partial charge is 0.569 e. The predicted octanol–water partition coefficient (Wildman–Crippen LogP) is 20.2. The van der Waals surface area contributed by atoms with Crippen molar-refractivity contribution in [3.8, 4) is 106 Å². The molecule has 16 aromatic rings. The fourth-order valence-corrected chi connectivity index (χ4v) is 14.0. The molecule has 0 bridgehead atoms. The van der Waals surface area contributed by atoms with Gasteiger partial charge in [-0.15, -0.1) is 0 Å². The van der Waals surface area contributed by atoms with E-state index < -0.39 is 7.12 Å². The van der Waals surface area contributed by atoms with Crippen LogP contribution in [-0.2, 0) is 0 Å². The van der Waals surface area contributed by atoms with Crippen LogP contribution in [0.5, 0.6) is 5.75 Å². The van der Waals surface area contributed by atoms with Crippen LogP contribution in [0.15, 0.2) is 291 Å². The van der Waals surface area contributed by atoms with Gasteiger partial charge in [-0.3, -0.25) is 0 Å². The number of hydrogen-bond acceptors (Lipinski definition) is 10. The number of rotatable bonds is 12. The Kier molecular flexibility index (Phi) is 19.5. The Balaban J connectivity index is 0.000000154. The predicted molar refractivity (Wildman–Crippen MR) is 420 cm³/mol. The van der Waals surface area contributed by atoms with Gasteiger partial charge in [-0.2, -0.15) is 0 Å². The van der Waals surface area contributed by atoms with E-state index in [4.69, 9.17) is 24.6 Å². The van der Waals surface area contributed by atoms with E-state index in [0.29, 0.717) is 35.3 Å². The highest BCUT2D eigenvalue weighted by atomic mass is 79.9. The summed E-state index contributed by atoms with van der Waals surface area (Å²) in [5.74, 6) is 1.92. The first-order valence-corrected chi connectivity index (χ1v) is 34.1. The quantitative estimate of drug-likeness (QED) is 0.0613. The maximum atomic E-state index is 9.85. The molecule has 0 saturated carbocycles. The summed E-state index contributed by atoms with van der Waals surface area (Å²) < 4.78 is 5.90. The summed E-state index contributed by atoms with van der Waals surface area (Å²) in [5, 5.41) is 37.4. The normalized spacial score (nSPS) is 11.1. The standard InChI is InChI=1S/C50H38N4.C26H19B2O4.C12H11BrN2/c1-31-19-32(2)22-39(21-31)41-27-51-49(52-28-41)37-15-17-43-45(25-37)47(35-11-7-5-8-12-35)44-18-16-38(26-46(44)48(43)36-13-9-6-10-14-36)50-53-29-42(30-54-50)40-23-33(3)20-34(4)24-40;29-27-32-20-12-14-22-24(16-20)26(18-9-5-2-6-10-18)21-13-11-19(28(30)31)15-23(21)25(22)17-7-3-1-4-8-17;1-8-3-9(2)5-10(4-8)11-6-14-12(13)15-7-11/h5-30H,1-4H3;1-16,29-31H;3-7H,1-2H3. The molecule has 0 amide bonds. The second-order valence-electron chi connectivity index (χ2n) is 25.6. The Labute approximate surface area is 597 Å². The van der Waals surface area contributed by atoms with Gasteiger partial charge in [0.15, 0.2) is 16.4 Å². The fourth-order valence-electron chi connectivity index (χ4n) is 13.8. The van der Waals surface area contributed by atoms with Gasteiger partial charge >= 0.3 is 14.8 Å². The SMILES string of the molecule is Cc1cc(C)cc(-c2cnc(-c3ccc4c(-c5ccccc5)c5cc(-c6ncc(-c7cc(C)cc(C)c7)cn6)ccc5c(-c5ccccc5)c4c3)nc2)c1.Cc1cc(C)cc(-c2cnc(Br)nc2)c1.O[B]Oc1ccc2c(-c3ccccc3)c3cc(B(O)O)ccc3c(-c3ccccc3)c2c1. The first kappa shape index (κ1) is 66.7. The summed E-state index contributed by atoms with van der Waals surface area (Å²) in [6.07, 6.45) is 11.4. The van der Waals surface area contributed by atoms with Crippen LogP contribution in [0.4, 0.5) is 0 Å². The van der Waals surface area contributed by atoms with Crippen molar-refractivity contribution in [2.45, 2.75) is 41.5 Å². The Morgan fingerprint density at radius 2 is 0.584 bits per heavy atom. The molecule has 0 aliphatic carbocycles. The lowest BCUT2D eigenvalue weighted by Gasteiger charge is -2.19. The van der Waals surface area contributed by atoms with Crippen LogP contribution < -0.4 is 10.1 Å². The molecule has 0 fully saturated rings. The first-order chi connectivity index (χ1) is 49.2. The van der Waals surface area contributed by atoms with Gasteiger partial charge in [0.1, 0.15) is 5.75 Å². The molecule has 0 aliphatic rings. The summed E-state index contributed by atoms with van der Waals surface area (Å²) in [6, 6.07) is 85.5. The number of fused-ring (bicyclic) bond motifs is 4. The molecule has 0 atom stereocenters. The molecule has 0 aliphatic heterocycles. The molecular formula is C88H68B2BrN6O4. The van der Waals surface area contributed by atoms with Gasteiger partial charge in [0.05, 0.1) is 0 Å². The summed E-state index contributed by atoms with van der Waals surface area (Å²) in [7, 11) is -0.882. The molecule has 0 saturated heterocycles. The van der Waals surface area contributed by atoms with Crippen molar-refractivity contribution in [2.24, 2.45) is 0 Å². The molecule has 101 heavy (non-hydrogen) atoms. The minimum absolute atomic E-state index is 0.433. The van der Waals surface area contributed by atoms with Gasteiger partial charge in [-0.1, -0.05) is 258 Å². The summed E-state index contributed by atoms with van der Waals surface area (Å²) in [6.45, 7) is 12.7. The summed E-state index contributed by atoms with van der Waals surface area (Å²) in [4.78, 5) is 27.8. The summed E-state index contributed by atoms with van der Waals surface area (Å²) in [5.41, 5.74) is 25.0.